The summed E-state index contributed by atoms with van der Waals surface area (Å²) in [5.74, 6) is 0.511. The van der Waals surface area contributed by atoms with E-state index in [0.29, 0.717) is 24.4 Å². The first-order valence-electron chi connectivity index (χ1n) is 12.0. The fraction of sp³-hybridized carbons (Fsp3) is 0.310. The fourth-order valence-corrected chi connectivity index (χ4v) is 4.48. The number of amides is 2. The van der Waals surface area contributed by atoms with Crippen molar-refractivity contribution >= 4 is 11.8 Å². The van der Waals surface area contributed by atoms with Gasteiger partial charge in [-0.2, -0.15) is 0 Å². The molecule has 0 saturated carbocycles. The highest BCUT2D eigenvalue weighted by Crippen LogP contribution is 2.38. The van der Waals surface area contributed by atoms with Gasteiger partial charge in [-0.3, -0.25) is 9.59 Å². The van der Waals surface area contributed by atoms with Crippen LogP contribution in [0, 0.1) is 6.92 Å². The van der Waals surface area contributed by atoms with Crippen LogP contribution in [0.5, 0.6) is 5.75 Å². The van der Waals surface area contributed by atoms with Crippen molar-refractivity contribution in [1.82, 2.24) is 10.2 Å². The maximum Gasteiger partial charge on any atom is 0.260 e. The molecule has 0 saturated heterocycles. The van der Waals surface area contributed by atoms with Crippen LogP contribution in [0.25, 0.3) is 0 Å². The van der Waals surface area contributed by atoms with E-state index in [-0.39, 0.29) is 17.9 Å². The van der Waals surface area contributed by atoms with Gasteiger partial charge in [0.2, 0.25) is 0 Å². The summed E-state index contributed by atoms with van der Waals surface area (Å²) in [4.78, 5) is 27.9. The van der Waals surface area contributed by atoms with E-state index in [2.05, 4.69) is 36.5 Å². The number of rotatable bonds is 7. The van der Waals surface area contributed by atoms with Crippen molar-refractivity contribution in [2.45, 2.75) is 45.8 Å². The third-order valence-electron chi connectivity index (χ3n) is 6.22. The van der Waals surface area contributed by atoms with E-state index >= 15 is 0 Å². The number of carbonyl (C=O) groups is 2. The zero-order chi connectivity index (χ0) is 24.1. The summed E-state index contributed by atoms with van der Waals surface area (Å²) in [6.45, 7) is 7.10. The summed E-state index contributed by atoms with van der Waals surface area (Å²) in [5, 5.41) is 2.88. The molecular formula is C29H32N2O3. The molecule has 3 aromatic rings. The Bertz CT molecular complexity index is 1160. The largest absolute Gasteiger partial charge is 0.481 e. The zero-order valence-electron chi connectivity index (χ0n) is 20.1. The van der Waals surface area contributed by atoms with Gasteiger partial charge in [0.15, 0.2) is 6.10 Å². The second-order valence-electron chi connectivity index (χ2n) is 8.84. The van der Waals surface area contributed by atoms with E-state index in [1.54, 1.807) is 6.92 Å². The number of benzene rings is 3. The fourth-order valence-electron chi connectivity index (χ4n) is 4.48. The van der Waals surface area contributed by atoms with Gasteiger partial charge in [-0.15, -0.1) is 0 Å². The highest BCUT2D eigenvalue weighted by atomic mass is 16.5. The lowest BCUT2D eigenvalue weighted by atomic mass is 9.87. The zero-order valence-corrected chi connectivity index (χ0v) is 20.1. The van der Waals surface area contributed by atoms with E-state index < -0.39 is 6.10 Å². The van der Waals surface area contributed by atoms with Crippen molar-refractivity contribution in [3.05, 3.63) is 101 Å². The Hall–Kier alpha value is -3.60. The van der Waals surface area contributed by atoms with Gasteiger partial charge < -0.3 is 15.0 Å². The summed E-state index contributed by atoms with van der Waals surface area (Å²) in [6.07, 6.45) is 1.04. The minimum atomic E-state index is -0.604. The Balaban J connectivity index is 1.70. The average Bonchev–Trinajstić information content (AvgIpc) is 2.86. The minimum Gasteiger partial charge on any atom is -0.481 e. The van der Waals surface area contributed by atoms with Crippen LogP contribution in [0.15, 0.2) is 72.8 Å². The first-order chi connectivity index (χ1) is 16.5. The van der Waals surface area contributed by atoms with E-state index in [0.717, 1.165) is 29.5 Å². The smallest absolute Gasteiger partial charge is 0.260 e. The molecule has 2 amide bonds. The van der Waals surface area contributed by atoms with Crippen LogP contribution >= 0.6 is 0 Å². The highest BCUT2D eigenvalue weighted by Gasteiger charge is 2.33. The Morgan fingerprint density at radius 2 is 1.85 bits per heavy atom. The lowest BCUT2D eigenvalue weighted by Crippen LogP contribution is -2.40. The number of hydrogen-bond acceptors (Lipinski definition) is 3. The molecule has 0 aromatic heterocycles. The van der Waals surface area contributed by atoms with E-state index in [1.165, 1.54) is 5.56 Å². The quantitative estimate of drug-likeness (QED) is 0.540. The molecule has 1 aliphatic rings. The van der Waals surface area contributed by atoms with Gasteiger partial charge in [0.25, 0.3) is 11.8 Å². The Kier molecular flexibility index (Phi) is 7.31. The van der Waals surface area contributed by atoms with Crippen molar-refractivity contribution in [2.75, 3.05) is 13.1 Å². The number of nitrogens with one attached hydrogen (secondary N) is 1. The van der Waals surface area contributed by atoms with Crippen LogP contribution in [0.2, 0.25) is 0 Å². The molecule has 4 rings (SSSR count). The number of carbonyl (C=O) groups excluding carboxylic acids is 2. The average molecular weight is 457 g/mol. The van der Waals surface area contributed by atoms with Gasteiger partial charge in [0.1, 0.15) is 5.75 Å². The van der Waals surface area contributed by atoms with Crippen molar-refractivity contribution in [3.8, 4) is 5.75 Å². The van der Waals surface area contributed by atoms with E-state index in [9.17, 15) is 9.59 Å². The molecule has 2 unspecified atom stereocenters. The molecule has 2 atom stereocenters. The van der Waals surface area contributed by atoms with Gasteiger partial charge in [0, 0.05) is 18.7 Å². The Morgan fingerprint density at radius 3 is 2.59 bits per heavy atom. The molecule has 5 nitrogen and oxygen atoms in total. The third kappa shape index (κ3) is 5.14. The molecule has 5 heteroatoms. The monoisotopic (exact) mass is 456 g/mol. The highest BCUT2D eigenvalue weighted by molar-refractivity contribution is 5.95. The molecule has 1 aliphatic heterocycles. The summed E-state index contributed by atoms with van der Waals surface area (Å²) >= 11 is 0. The van der Waals surface area contributed by atoms with Gasteiger partial charge in [0.05, 0.1) is 6.04 Å². The lowest BCUT2D eigenvalue weighted by Gasteiger charge is -2.38. The number of fused-ring (bicyclic) bond motifs is 1. The maximum absolute atomic E-state index is 13.6. The summed E-state index contributed by atoms with van der Waals surface area (Å²) in [5.41, 5.74) is 5.12. The SMILES string of the molecule is CCCNC(=O)C(C)Oc1ccc2c(c1)C(c1cccc(C)c1)N(C(=O)c1ccccc1)CC2. The van der Waals surface area contributed by atoms with Crippen LogP contribution in [-0.2, 0) is 11.2 Å². The minimum absolute atomic E-state index is 0.0105. The van der Waals surface area contributed by atoms with Gasteiger partial charge >= 0.3 is 0 Å². The molecule has 34 heavy (non-hydrogen) atoms. The van der Waals surface area contributed by atoms with Crippen LogP contribution in [0.1, 0.15) is 58.9 Å². The van der Waals surface area contributed by atoms with Crippen molar-refractivity contribution in [1.29, 1.82) is 0 Å². The first kappa shape index (κ1) is 23.6. The molecule has 3 aromatic carbocycles. The molecule has 1 heterocycles. The molecule has 0 fully saturated rings. The topological polar surface area (TPSA) is 58.6 Å². The van der Waals surface area contributed by atoms with Gasteiger partial charge in [-0.05, 0) is 67.6 Å². The summed E-state index contributed by atoms with van der Waals surface area (Å²) in [6, 6.07) is 23.5. The predicted octanol–water partition coefficient (Wildman–Crippen LogP) is 5.08. The Labute approximate surface area is 201 Å². The molecule has 1 N–H and O–H groups in total. The van der Waals surface area contributed by atoms with Gasteiger partial charge in [-0.1, -0.05) is 61.0 Å². The molecule has 0 spiro atoms. The number of ether oxygens (including phenoxy) is 1. The number of aryl methyl sites for hydroxylation is 1. The molecule has 0 bridgehead atoms. The summed E-state index contributed by atoms with van der Waals surface area (Å²) < 4.78 is 6.01. The van der Waals surface area contributed by atoms with Crippen molar-refractivity contribution in [2.24, 2.45) is 0 Å². The number of nitrogens with zero attached hydrogens (tertiary/aromatic N) is 1. The normalized spacial score (nSPS) is 15.9. The van der Waals surface area contributed by atoms with Crippen molar-refractivity contribution < 1.29 is 14.3 Å². The van der Waals surface area contributed by atoms with Crippen LogP contribution in [0.4, 0.5) is 0 Å². The van der Waals surface area contributed by atoms with Crippen molar-refractivity contribution in [3.63, 3.8) is 0 Å². The van der Waals surface area contributed by atoms with E-state index in [4.69, 9.17) is 4.74 Å². The lowest BCUT2D eigenvalue weighted by molar-refractivity contribution is -0.127. The molecule has 0 aliphatic carbocycles. The maximum atomic E-state index is 13.6. The second-order valence-corrected chi connectivity index (χ2v) is 8.84. The van der Waals surface area contributed by atoms with Crippen LogP contribution in [-0.4, -0.2) is 35.9 Å². The van der Waals surface area contributed by atoms with Crippen LogP contribution in [0.3, 0.4) is 0 Å². The standard InChI is InChI=1S/C29H32N2O3/c1-4-16-30-28(32)21(3)34-25-14-13-22-15-17-31(29(33)23-10-6-5-7-11-23)27(26(22)19-25)24-12-8-9-20(2)18-24/h5-14,18-19,21,27H,4,15-17H2,1-3H3,(H,30,32). The number of hydrogen-bond donors (Lipinski definition) is 1. The summed E-state index contributed by atoms with van der Waals surface area (Å²) in [7, 11) is 0. The van der Waals surface area contributed by atoms with Gasteiger partial charge in [-0.25, -0.2) is 0 Å². The van der Waals surface area contributed by atoms with E-state index in [1.807, 2.05) is 60.4 Å². The third-order valence-corrected chi connectivity index (χ3v) is 6.22. The van der Waals surface area contributed by atoms with Crippen LogP contribution < -0.4 is 10.1 Å². The second kappa shape index (κ2) is 10.6. The molecule has 176 valence electrons. The first-order valence-corrected chi connectivity index (χ1v) is 12.0. The molecule has 0 radical (unpaired) electrons. The predicted molar refractivity (Wildman–Crippen MR) is 134 cm³/mol. The molecular weight excluding hydrogens is 424 g/mol. The Morgan fingerprint density at radius 1 is 1.06 bits per heavy atom.